The molecule has 4 heteroatoms. The Hall–Kier alpha value is -4.13. The Morgan fingerprint density at radius 2 is 0.895 bits per heavy atom. The van der Waals surface area contributed by atoms with Crippen molar-refractivity contribution in [1.29, 1.82) is 0 Å². The van der Waals surface area contributed by atoms with E-state index >= 15 is 0 Å². The third-order valence-electron chi connectivity index (χ3n) is 11.5. The quantitative estimate of drug-likeness (QED) is 0.110. The van der Waals surface area contributed by atoms with Crippen molar-refractivity contribution in [3.63, 3.8) is 0 Å². The van der Waals surface area contributed by atoms with Crippen molar-refractivity contribution in [3.05, 3.63) is 151 Å². The van der Waals surface area contributed by atoms with E-state index in [1.165, 1.54) is 66.6 Å². The average Bonchev–Trinajstić information content (AvgIpc) is 3.47. The molecule has 0 aliphatic heterocycles. The van der Waals surface area contributed by atoms with Gasteiger partial charge in [0.05, 0.1) is 22.8 Å². The van der Waals surface area contributed by atoms with Crippen LogP contribution in [0.5, 0.6) is 0 Å². The second-order valence-electron chi connectivity index (χ2n) is 16.0. The molecule has 0 spiro atoms. The predicted molar refractivity (Wildman–Crippen MR) is 245 cm³/mol. The van der Waals surface area contributed by atoms with Gasteiger partial charge in [0.25, 0.3) is 0 Å². The molecule has 0 atom stereocenters. The van der Waals surface area contributed by atoms with Gasteiger partial charge >= 0.3 is 0 Å². The van der Waals surface area contributed by atoms with Crippen LogP contribution in [0.1, 0.15) is 115 Å². The molecule has 57 heavy (non-hydrogen) atoms. The van der Waals surface area contributed by atoms with Gasteiger partial charge in [-0.15, -0.1) is 0 Å². The molecule has 1 aliphatic rings. The SMILES string of the molecule is CCCc1cccc(CCC)c1-c1cc(C)cc(C)c1N=C1C(=Nc2c(C)cc(C)cc2-c2c(CCC)cccc2CCC)c2c(C)c(Cl)cc3cccc1c23.[Pd]. The Kier molecular flexibility index (Phi) is 13.6. The summed E-state index contributed by atoms with van der Waals surface area (Å²) in [6.45, 7) is 20.1. The number of halogens is 1. The van der Waals surface area contributed by atoms with Crippen molar-refractivity contribution in [2.75, 3.05) is 0 Å². The summed E-state index contributed by atoms with van der Waals surface area (Å²) in [5, 5.41) is 3.05. The maximum Gasteiger partial charge on any atom is 0.0982 e. The number of aryl methyl sites for hydroxylation is 8. The van der Waals surface area contributed by atoms with Crippen LogP contribution < -0.4 is 0 Å². The number of hydrogen-bond acceptors (Lipinski definition) is 2. The van der Waals surface area contributed by atoms with Crippen LogP contribution in [-0.4, -0.2) is 11.4 Å². The van der Waals surface area contributed by atoms with Gasteiger partial charge in [-0.3, -0.25) is 0 Å². The molecule has 0 fully saturated rings. The number of nitrogens with zero attached hydrogens (tertiary/aromatic N) is 2. The molecule has 0 N–H and O–H groups in total. The first kappa shape index (κ1) is 42.5. The Balaban J connectivity index is 0.00000549. The van der Waals surface area contributed by atoms with Gasteiger partial charge in [-0.25, -0.2) is 9.98 Å². The largest absolute Gasteiger partial charge is 0.245 e. The van der Waals surface area contributed by atoms with E-state index in [1.807, 2.05) is 0 Å². The van der Waals surface area contributed by atoms with E-state index in [-0.39, 0.29) is 20.4 Å². The fourth-order valence-corrected chi connectivity index (χ4v) is 9.43. The van der Waals surface area contributed by atoms with Crippen molar-refractivity contribution >= 4 is 45.2 Å². The van der Waals surface area contributed by atoms with Crippen molar-refractivity contribution < 1.29 is 20.4 Å². The van der Waals surface area contributed by atoms with Crippen LogP contribution in [0, 0.1) is 34.6 Å². The van der Waals surface area contributed by atoms with Gasteiger partial charge in [-0.05, 0) is 134 Å². The van der Waals surface area contributed by atoms with Crippen LogP contribution in [0.4, 0.5) is 11.4 Å². The normalized spacial score (nSPS) is 13.6. The Morgan fingerprint density at radius 1 is 0.474 bits per heavy atom. The summed E-state index contributed by atoms with van der Waals surface area (Å²) in [6, 6.07) is 31.7. The number of aliphatic imine (C=N–C) groups is 2. The van der Waals surface area contributed by atoms with Crippen LogP contribution in [0.2, 0.25) is 5.02 Å². The van der Waals surface area contributed by atoms with Gasteiger partial charge in [0, 0.05) is 53.1 Å². The standard InChI is InChI=1S/C53H57ClN2.Pd/c1-10-17-37-21-14-22-38(18-11-2)47(37)43-29-32(5)27-34(7)50(43)55-52-42-26-16-25-41-31-45(54)36(9)46(49(41)42)53(52)56-51-35(8)28-33(6)30-44(51)48-39(19-12-3)23-15-24-40(48)20-13-4;/h14-16,21-31H,10-13,17-20H2,1-9H3;. The summed E-state index contributed by atoms with van der Waals surface area (Å²) in [4.78, 5) is 11.7. The molecule has 0 amide bonds. The molecule has 0 saturated carbocycles. The van der Waals surface area contributed by atoms with Crippen LogP contribution in [0.25, 0.3) is 33.0 Å². The molecular weight excluding hydrogens is 806 g/mol. The van der Waals surface area contributed by atoms with Crippen molar-refractivity contribution in [3.8, 4) is 22.3 Å². The van der Waals surface area contributed by atoms with Gasteiger partial charge in [-0.1, -0.05) is 143 Å². The molecule has 0 saturated heterocycles. The summed E-state index contributed by atoms with van der Waals surface area (Å²) in [5.74, 6) is 0. The maximum atomic E-state index is 7.11. The fraction of sp³-hybridized carbons (Fsp3) is 0.321. The maximum absolute atomic E-state index is 7.11. The van der Waals surface area contributed by atoms with Crippen LogP contribution in [0.3, 0.4) is 0 Å². The number of rotatable bonds is 12. The summed E-state index contributed by atoms with van der Waals surface area (Å²) >= 11 is 7.11. The zero-order valence-corrected chi connectivity index (χ0v) is 37.6. The van der Waals surface area contributed by atoms with E-state index in [9.17, 15) is 0 Å². The van der Waals surface area contributed by atoms with Crippen LogP contribution in [-0.2, 0) is 46.1 Å². The minimum absolute atomic E-state index is 0. The monoisotopic (exact) mass is 862 g/mol. The van der Waals surface area contributed by atoms with Crippen LogP contribution in [0.15, 0.2) is 94.9 Å². The van der Waals surface area contributed by atoms with E-state index in [2.05, 4.69) is 147 Å². The van der Waals surface area contributed by atoms with E-state index in [1.54, 1.807) is 0 Å². The van der Waals surface area contributed by atoms with Gasteiger partial charge < -0.3 is 0 Å². The summed E-state index contributed by atoms with van der Waals surface area (Å²) in [7, 11) is 0. The topological polar surface area (TPSA) is 24.7 Å². The van der Waals surface area contributed by atoms with E-state index < -0.39 is 0 Å². The van der Waals surface area contributed by atoms with Gasteiger partial charge in [0.2, 0.25) is 0 Å². The molecule has 0 bridgehead atoms. The molecule has 1 aliphatic carbocycles. The molecule has 6 aromatic carbocycles. The first-order valence-corrected chi connectivity index (χ1v) is 21.3. The smallest absolute Gasteiger partial charge is 0.0982 e. The second-order valence-corrected chi connectivity index (χ2v) is 16.4. The summed E-state index contributed by atoms with van der Waals surface area (Å²) in [5.41, 5.74) is 22.6. The third-order valence-corrected chi connectivity index (χ3v) is 11.9. The molecule has 0 aromatic heterocycles. The third kappa shape index (κ3) is 8.14. The van der Waals surface area contributed by atoms with E-state index in [0.717, 1.165) is 107 Å². The first-order valence-electron chi connectivity index (χ1n) is 20.9. The van der Waals surface area contributed by atoms with Gasteiger partial charge in [0.1, 0.15) is 0 Å². The molecule has 2 nitrogen and oxygen atoms in total. The van der Waals surface area contributed by atoms with E-state index in [4.69, 9.17) is 21.6 Å². The first-order chi connectivity index (χ1) is 27.1. The molecule has 0 heterocycles. The van der Waals surface area contributed by atoms with Crippen LogP contribution >= 0.6 is 11.6 Å². The zero-order valence-electron chi connectivity index (χ0n) is 35.3. The molecular formula is C53H57ClN2Pd. The van der Waals surface area contributed by atoms with E-state index in [0.29, 0.717) is 0 Å². The Labute approximate surface area is 360 Å². The van der Waals surface area contributed by atoms with Crippen molar-refractivity contribution in [1.82, 2.24) is 0 Å². The molecule has 0 unspecified atom stereocenters. The van der Waals surface area contributed by atoms with Crippen molar-refractivity contribution in [2.45, 2.75) is 114 Å². The Morgan fingerprint density at radius 3 is 1.33 bits per heavy atom. The minimum atomic E-state index is 0. The van der Waals surface area contributed by atoms with Gasteiger partial charge in [0.15, 0.2) is 0 Å². The fourth-order valence-electron chi connectivity index (χ4n) is 9.21. The second kappa shape index (κ2) is 18.2. The molecule has 7 rings (SSSR count). The number of benzene rings is 6. The predicted octanol–water partition coefficient (Wildman–Crippen LogP) is 15.4. The Bertz CT molecular complexity index is 2490. The average molecular weight is 864 g/mol. The van der Waals surface area contributed by atoms with Gasteiger partial charge in [-0.2, -0.15) is 0 Å². The molecule has 6 aromatic rings. The molecule has 296 valence electrons. The zero-order chi connectivity index (χ0) is 39.7. The summed E-state index contributed by atoms with van der Waals surface area (Å²) < 4.78 is 0. The number of hydrogen-bond donors (Lipinski definition) is 0. The minimum Gasteiger partial charge on any atom is -0.245 e. The summed E-state index contributed by atoms with van der Waals surface area (Å²) in [6.07, 6.45) is 8.45. The van der Waals surface area contributed by atoms with Crippen molar-refractivity contribution in [2.24, 2.45) is 9.98 Å². The molecule has 0 radical (unpaired) electrons.